The van der Waals surface area contributed by atoms with Crippen molar-refractivity contribution in [2.24, 2.45) is 5.10 Å². The first-order valence-electron chi connectivity index (χ1n) is 9.02. The highest BCUT2D eigenvalue weighted by Gasteiger charge is 2.28. The van der Waals surface area contributed by atoms with Crippen LogP contribution in [0.2, 0.25) is 0 Å². The third-order valence-corrected chi connectivity index (χ3v) is 4.57. The Kier molecular flexibility index (Phi) is 4.83. The molecule has 1 aliphatic rings. The molecule has 29 heavy (non-hydrogen) atoms. The minimum atomic E-state index is -0.390. The smallest absolute Gasteiger partial charge is 0.337 e. The first-order chi connectivity index (χ1) is 14.1. The van der Waals surface area contributed by atoms with Crippen molar-refractivity contribution in [1.82, 2.24) is 0 Å². The van der Waals surface area contributed by atoms with E-state index in [9.17, 15) is 9.59 Å². The number of hydrazone groups is 1. The van der Waals surface area contributed by atoms with Gasteiger partial charge in [0.05, 0.1) is 29.6 Å². The third kappa shape index (κ3) is 3.60. The zero-order valence-corrected chi connectivity index (χ0v) is 16.0. The Balaban J connectivity index is 1.57. The van der Waals surface area contributed by atoms with Gasteiger partial charge in [0.1, 0.15) is 11.5 Å². The number of amides is 1. The number of rotatable bonds is 4. The van der Waals surface area contributed by atoms with Crippen molar-refractivity contribution in [2.45, 2.75) is 6.92 Å². The lowest BCUT2D eigenvalue weighted by molar-refractivity contribution is -0.114. The van der Waals surface area contributed by atoms with Crippen LogP contribution < -0.4 is 5.01 Å². The van der Waals surface area contributed by atoms with Crippen molar-refractivity contribution in [1.29, 1.82) is 0 Å². The summed E-state index contributed by atoms with van der Waals surface area (Å²) < 4.78 is 10.6. The summed E-state index contributed by atoms with van der Waals surface area (Å²) in [6.07, 6.45) is 1.69. The van der Waals surface area contributed by atoms with E-state index in [1.54, 1.807) is 43.3 Å². The molecule has 1 aromatic heterocycles. The minimum absolute atomic E-state index is 0.200. The summed E-state index contributed by atoms with van der Waals surface area (Å²) in [7, 11) is 1.34. The van der Waals surface area contributed by atoms with Gasteiger partial charge in [0, 0.05) is 5.56 Å². The lowest BCUT2D eigenvalue weighted by Gasteiger charge is -2.10. The molecule has 0 spiro atoms. The molecule has 6 heteroatoms. The van der Waals surface area contributed by atoms with E-state index >= 15 is 0 Å². The van der Waals surface area contributed by atoms with E-state index in [0.717, 1.165) is 5.56 Å². The standard InChI is InChI=1S/C23H18N2O4/c1-15-20(22(26)25(24-15)18-6-4-3-5-7-18)14-19-12-13-21(29-19)16-8-10-17(11-9-16)23(27)28-2/h3-14H,1-2H3/b20-14-. The van der Waals surface area contributed by atoms with Crippen LogP contribution >= 0.6 is 0 Å². The zero-order valence-electron chi connectivity index (χ0n) is 16.0. The molecule has 4 rings (SSSR count). The van der Waals surface area contributed by atoms with Crippen LogP contribution in [0.4, 0.5) is 5.69 Å². The van der Waals surface area contributed by atoms with Crippen molar-refractivity contribution in [2.75, 3.05) is 12.1 Å². The molecule has 2 heterocycles. The number of hydrogen-bond acceptors (Lipinski definition) is 5. The second-order valence-electron chi connectivity index (χ2n) is 6.47. The molecule has 3 aromatic rings. The molecular formula is C23H18N2O4. The number of benzene rings is 2. The summed E-state index contributed by atoms with van der Waals surface area (Å²) in [4.78, 5) is 24.3. The Morgan fingerprint density at radius 1 is 1.03 bits per heavy atom. The highest BCUT2D eigenvalue weighted by molar-refractivity contribution is 6.32. The number of nitrogens with zero attached hydrogens (tertiary/aromatic N) is 2. The summed E-state index contributed by atoms with van der Waals surface area (Å²) in [6.45, 7) is 1.79. The number of carbonyl (C=O) groups excluding carboxylic acids is 2. The highest BCUT2D eigenvalue weighted by atomic mass is 16.5. The van der Waals surface area contributed by atoms with Gasteiger partial charge >= 0.3 is 5.97 Å². The quantitative estimate of drug-likeness (QED) is 0.487. The lowest BCUT2D eigenvalue weighted by Crippen LogP contribution is -2.21. The molecule has 0 aliphatic carbocycles. The number of furan rings is 1. The molecule has 0 N–H and O–H groups in total. The van der Waals surface area contributed by atoms with Gasteiger partial charge in [-0.2, -0.15) is 10.1 Å². The van der Waals surface area contributed by atoms with Crippen molar-refractivity contribution in [3.05, 3.63) is 83.6 Å². The van der Waals surface area contributed by atoms with Crippen LogP contribution in [0.15, 0.2) is 81.8 Å². The SMILES string of the molecule is COC(=O)c1ccc(-c2ccc(/C=C3\C(=O)N(c4ccccc4)N=C3C)o2)cc1. The van der Waals surface area contributed by atoms with Crippen molar-refractivity contribution in [3.8, 4) is 11.3 Å². The molecule has 0 saturated carbocycles. The largest absolute Gasteiger partial charge is 0.465 e. The average Bonchev–Trinajstić information content (AvgIpc) is 3.34. The molecule has 0 fully saturated rings. The van der Waals surface area contributed by atoms with Gasteiger partial charge in [-0.15, -0.1) is 0 Å². The summed E-state index contributed by atoms with van der Waals surface area (Å²) in [5, 5.41) is 5.75. The van der Waals surface area contributed by atoms with Gasteiger partial charge < -0.3 is 9.15 Å². The molecule has 0 radical (unpaired) electrons. The molecule has 0 atom stereocenters. The first-order valence-corrected chi connectivity index (χ1v) is 9.02. The van der Waals surface area contributed by atoms with Gasteiger partial charge in [-0.05, 0) is 49.4 Å². The van der Waals surface area contributed by atoms with Crippen molar-refractivity contribution < 1.29 is 18.7 Å². The fourth-order valence-electron chi connectivity index (χ4n) is 3.04. The summed E-state index contributed by atoms with van der Waals surface area (Å²) in [5.74, 6) is 0.589. The van der Waals surface area contributed by atoms with Gasteiger partial charge in [0.15, 0.2) is 0 Å². The second kappa shape index (κ2) is 7.59. The van der Waals surface area contributed by atoms with Crippen LogP contribution in [0.25, 0.3) is 17.4 Å². The number of esters is 1. The average molecular weight is 386 g/mol. The van der Waals surface area contributed by atoms with E-state index in [2.05, 4.69) is 5.10 Å². The van der Waals surface area contributed by atoms with Crippen LogP contribution in [-0.2, 0) is 9.53 Å². The normalized spacial score (nSPS) is 15.0. The first kappa shape index (κ1) is 18.4. The zero-order chi connectivity index (χ0) is 20.4. The Morgan fingerprint density at radius 3 is 2.45 bits per heavy atom. The molecule has 0 saturated heterocycles. The molecule has 1 aliphatic heterocycles. The van der Waals surface area contributed by atoms with Gasteiger partial charge in [-0.25, -0.2) is 4.79 Å². The second-order valence-corrected chi connectivity index (χ2v) is 6.47. The number of methoxy groups -OCH3 is 1. The fourth-order valence-corrected chi connectivity index (χ4v) is 3.04. The van der Waals surface area contributed by atoms with E-state index in [1.807, 2.05) is 36.4 Å². The van der Waals surface area contributed by atoms with Gasteiger partial charge in [0.25, 0.3) is 5.91 Å². The van der Waals surface area contributed by atoms with Crippen LogP contribution in [-0.4, -0.2) is 24.7 Å². The molecule has 0 unspecified atom stereocenters. The number of ether oxygens (including phenoxy) is 1. The Bertz CT molecular complexity index is 1130. The summed E-state index contributed by atoms with van der Waals surface area (Å²) in [5.41, 5.74) is 3.10. The van der Waals surface area contributed by atoms with Crippen LogP contribution in [0.1, 0.15) is 23.0 Å². The topological polar surface area (TPSA) is 72.1 Å². The Morgan fingerprint density at radius 2 is 1.76 bits per heavy atom. The van der Waals surface area contributed by atoms with E-state index in [0.29, 0.717) is 34.1 Å². The molecule has 6 nitrogen and oxygen atoms in total. The molecule has 1 amide bonds. The summed E-state index contributed by atoms with van der Waals surface area (Å²) >= 11 is 0. The van der Waals surface area contributed by atoms with Crippen LogP contribution in [0.5, 0.6) is 0 Å². The Labute approximate surface area is 167 Å². The van der Waals surface area contributed by atoms with E-state index in [4.69, 9.17) is 9.15 Å². The molecule has 2 aromatic carbocycles. The van der Waals surface area contributed by atoms with Gasteiger partial charge in [0.2, 0.25) is 0 Å². The van der Waals surface area contributed by atoms with E-state index < -0.39 is 0 Å². The highest BCUT2D eigenvalue weighted by Crippen LogP contribution is 2.27. The Hall–Kier alpha value is -3.93. The molecular weight excluding hydrogens is 368 g/mol. The molecule has 144 valence electrons. The van der Waals surface area contributed by atoms with Crippen LogP contribution in [0, 0.1) is 0 Å². The van der Waals surface area contributed by atoms with Gasteiger partial charge in [-0.3, -0.25) is 4.79 Å². The maximum Gasteiger partial charge on any atom is 0.337 e. The monoisotopic (exact) mass is 386 g/mol. The number of carbonyl (C=O) groups is 2. The molecule has 0 bridgehead atoms. The minimum Gasteiger partial charge on any atom is -0.465 e. The number of anilines is 1. The van der Waals surface area contributed by atoms with E-state index in [1.165, 1.54) is 12.1 Å². The lowest BCUT2D eigenvalue weighted by atomic mass is 10.1. The maximum absolute atomic E-state index is 12.8. The number of hydrogen-bond donors (Lipinski definition) is 0. The van der Waals surface area contributed by atoms with Crippen LogP contribution in [0.3, 0.4) is 0 Å². The maximum atomic E-state index is 12.8. The predicted octanol–water partition coefficient (Wildman–Crippen LogP) is 4.54. The van der Waals surface area contributed by atoms with E-state index in [-0.39, 0.29) is 11.9 Å². The summed E-state index contributed by atoms with van der Waals surface area (Å²) in [6, 6.07) is 19.8. The van der Waals surface area contributed by atoms with Crippen molar-refractivity contribution >= 4 is 29.4 Å². The fraction of sp³-hybridized carbons (Fsp3) is 0.0870. The van der Waals surface area contributed by atoms with Gasteiger partial charge in [-0.1, -0.05) is 30.3 Å². The third-order valence-electron chi connectivity index (χ3n) is 4.57. The predicted molar refractivity (Wildman–Crippen MR) is 110 cm³/mol. The number of para-hydroxylation sites is 1. The van der Waals surface area contributed by atoms with Crippen molar-refractivity contribution in [3.63, 3.8) is 0 Å².